The molecular formula is C26H31NO5. The number of carbonyl (C=O) groups excluding carboxylic acids is 2. The van der Waals surface area contributed by atoms with Crippen LogP contribution in [0.2, 0.25) is 0 Å². The first kappa shape index (κ1) is 23.4. The van der Waals surface area contributed by atoms with Gasteiger partial charge in [0, 0.05) is 12.1 Å². The fourth-order valence-corrected chi connectivity index (χ4v) is 3.89. The Kier molecular flexibility index (Phi) is 7.92. The number of amides is 1. The van der Waals surface area contributed by atoms with Gasteiger partial charge in [0.15, 0.2) is 0 Å². The number of unbranched alkanes of at least 4 members (excludes halogenated alkanes) is 2. The van der Waals surface area contributed by atoms with Gasteiger partial charge in [0.2, 0.25) is 0 Å². The van der Waals surface area contributed by atoms with Gasteiger partial charge in [-0.15, -0.1) is 0 Å². The van der Waals surface area contributed by atoms with Crippen molar-refractivity contribution in [2.45, 2.75) is 45.6 Å². The van der Waals surface area contributed by atoms with Crippen molar-refractivity contribution in [3.8, 4) is 11.5 Å². The molecule has 32 heavy (non-hydrogen) atoms. The molecule has 1 N–H and O–H groups in total. The molecule has 3 rings (SSSR count). The van der Waals surface area contributed by atoms with Crippen molar-refractivity contribution in [3.63, 3.8) is 0 Å². The highest BCUT2D eigenvalue weighted by Gasteiger charge is 2.45. The first-order valence-corrected chi connectivity index (χ1v) is 11.2. The number of aliphatic hydroxyl groups is 1. The zero-order chi connectivity index (χ0) is 23.1. The van der Waals surface area contributed by atoms with Gasteiger partial charge in [0.25, 0.3) is 11.7 Å². The van der Waals surface area contributed by atoms with E-state index in [2.05, 4.69) is 6.92 Å². The maximum Gasteiger partial charge on any atom is 0.295 e. The molecule has 0 bridgehead atoms. The van der Waals surface area contributed by atoms with Crippen LogP contribution in [0.25, 0.3) is 5.76 Å². The van der Waals surface area contributed by atoms with Crippen molar-refractivity contribution >= 4 is 17.4 Å². The van der Waals surface area contributed by atoms with E-state index < -0.39 is 17.7 Å². The Balaban J connectivity index is 1.95. The molecule has 1 aliphatic heterocycles. The van der Waals surface area contributed by atoms with Crippen LogP contribution in [0.5, 0.6) is 11.5 Å². The Morgan fingerprint density at radius 1 is 0.938 bits per heavy atom. The van der Waals surface area contributed by atoms with Crippen molar-refractivity contribution in [1.29, 1.82) is 0 Å². The second-order valence-corrected chi connectivity index (χ2v) is 7.85. The average molecular weight is 438 g/mol. The molecule has 0 spiro atoms. The summed E-state index contributed by atoms with van der Waals surface area (Å²) in [7, 11) is 1.58. The number of Topliss-reactive ketones (excluding diaryl/α,β-unsaturated/α-hetero) is 1. The first-order valence-electron chi connectivity index (χ1n) is 11.2. The van der Waals surface area contributed by atoms with Gasteiger partial charge in [0.05, 0.1) is 25.3 Å². The Hall–Kier alpha value is -3.28. The van der Waals surface area contributed by atoms with Crippen LogP contribution < -0.4 is 9.47 Å². The molecule has 6 nitrogen and oxygen atoms in total. The summed E-state index contributed by atoms with van der Waals surface area (Å²) in [4.78, 5) is 27.2. The van der Waals surface area contributed by atoms with Gasteiger partial charge in [-0.1, -0.05) is 38.8 Å². The minimum absolute atomic E-state index is 0.102. The molecule has 1 aliphatic rings. The zero-order valence-corrected chi connectivity index (χ0v) is 19.0. The highest BCUT2D eigenvalue weighted by atomic mass is 16.5. The largest absolute Gasteiger partial charge is 0.507 e. The van der Waals surface area contributed by atoms with E-state index in [0.717, 1.165) is 24.8 Å². The van der Waals surface area contributed by atoms with E-state index in [0.29, 0.717) is 36.6 Å². The minimum Gasteiger partial charge on any atom is -0.507 e. The van der Waals surface area contributed by atoms with Crippen LogP contribution in [0.1, 0.15) is 56.7 Å². The molecule has 0 aliphatic carbocycles. The summed E-state index contributed by atoms with van der Waals surface area (Å²) in [5.74, 6) is -0.0615. The van der Waals surface area contributed by atoms with Crippen LogP contribution in [0.4, 0.5) is 0 Å². The van der Waals surface area contributed by atoms with E-state index in [9.17, 15) is 14.7 Å². The van der Waals surface area contributed by atoms with Gasteiger partial charge in [-0.2, -0.15) is 0 Å². The maximum absolute atomic E-state index is 12.9. The molecule has 1 unspecified atom stereocenters. The monoisotopic (exact) mass is 437 g/mol. The SMILES string of the molecule is CCCCCOc1ccc(/C(O)=C2/C(=O)C(=O)N(CCC)C2c2ccc(OC)cc2)cc1. The fourth-order valence-electron chi connectivity index (χ4n) is 3.89. The quantitative estimate of drug-likeness (QED) is 0.242. The van der Waals surface area contributed by atoms with Crippen molar-refractivity contribution < 1.29 is 24.2 Å². The van der Waals surface area contributed by atoms with Crippen molar-refractivity contribution in [2.75, 3.05) is 20.3 Å². The molecule has 0 radical (unpaired) electrons. The summed E-state index contributed by atoms with van der Waals surface area (Å²) in [5.41, 5.74) is 1.32. The predicted octanol–water partition coefficient (Wildman–Crippen LogP) is 5.10. The molecule has 1 atom stereocenters. The van der Waals surface area contributed by atoms with Gasteiger partial charge in [-0.05, 0) is 54.8 Å². The highest BCUT2D eigenvalue weighted by Crippen LogP contribution is 2.40. The Morgan fingerprint density at radius 3 is 2.19 bits per heavy atom. The lowest BCUT2D eigenvalue weighted by atomic mass is 9.95. The number of ether oxygens (including phenoxy) is 2. The number of carbonyl (C=O) groups is 2. The maximum atomic E-state index is 12.9. The van der Waals surface area contributed by atoms with Crippen molar-refractivity contribution in [2.24, 2.45) is 0 Å². The second kappa shape index (κ2) is 10.8. The summed E-state index contributed by atoms with van der Waals surface area (Å²) >= 11 is 0. The number of methoxy groups -OCH3 is 1. The normalized spacial score (nSPS) is 17.6. The molecule has 1 heterocycles. The average Bonchev–Trinajstić information content (AvgIpc) is 3.07. The van der Waals surface area contributed by atoms with Crippen LogP contribution in [-0.4, -0.2) is 42.0 Å². The molecule has 2 aromatic carbocycles. The topological polar surface area (TPSA) is 76.1 Å². The van der Waals surface area contributed by atoms with Crippen LogP contribution >= 0.6 is 0 Å². The van der Waals surface area contributed by atoms with Gasteiger partial charge >= 0.3 is 0 Å². The van der Waals surface area contributed by atoms with Crippen LogP contribution in [-0.2, 0) is 9.59 Å². The number of nitrogens with zero attached hydrogens (tertiary/aromatic N) is 1. The lowest BCUT2D eigenvalue weighted by Gasteiger charge is -2.25. The van der Waals surface area contributed by atoms with Gasteiger partial charge in [-0.3, -0.25) is 9.59 Å². The summed E-state index contributed by atoms with van der Waals surface area (Å²) in [6.45, 7) is 5.14. The Morgan fingerprint density at radius 2 is 1.59 bits per heavy atom. The smallest absolute Gasteiger partial charge is 0.295 e. The lowest BCUT2D eigenvalue weighted by Crippen LogP contribution is -2.30. The van der Waals surface area contributed by atoms with Gasteiger partial charge < -0.3 is 19.5 Å². The summed E-state index contributed by atoms with van der Waals surface area (Å²) in [5, 5.41) is 11.1. The van der Waals surface area contributed by atoms with Crippen LogP contribution in [0.15, 0.2) is 54.1 Å². The molecule has 1 saturated heterocycles. The molecular weight excluding hydrogens is 406 g/mol. The molecule has 0 aromatic heterocycles. The highest BCUT2D eigenvalue weighted by molar-refractivity contribution is 6.46. The van der Waals surface area contributed by atoms with E-state index in [1.54, 1.807) is 43.5 Å². The number of benzene rings is 2. The minimum atomic E-state index is -0.670. The Bertz CT molecular complexity index is 963. The predicted molar refractivity (Wildman–Crippen MR) is 124 cm³/mol. The van der Waals surface area contributed by atoms with Crippen LogP contribution in [0.3, 0.4) is 0 Å². The molecule has 0 saturated carbocycles. The van der Waals surface area contributed by atoms with E-state index in [1.165, 1.54) is 4.90 Å². The first-order chi connectivity index (χ1) is 15.5. The van der Waals surface area contributed by atoms with E-state index in [-0.39, 0.29) is 11.3 Å². The van der Waals surface area contributed by atoms with E-state index >= 15 is 0 Å². The lowest BCUT2D eigenvalue weighted by molar-refractivity contribution is -0.139. The van der Waals surface area contributed by atoms with E-state index in [1.807, 2.05) is 19.1 Å². The standard InChI is InChI=1S/C26H31NO5/c1-4-6-7-17-32-21-14-10-19(11-15-21)24(28)22-23(18-8-12-20(31-3)13-9-18)27(16-5-2)26(30)25(22)29/h8-15,23,28H,4-7,16-17H2,1-3H3/b24-22-. The number of hydrogen-bond acceptors (Lipinski definition) is 5. The third-order valence-electron chi connectivity index (χ3n) is 5.58. The summed E-state index contributed by atoms with van der Waals surface area (Å²) < 4.78 is 11.0. The molecule has 2 aromatic rings. The second-order valence-electron chi connectivity index (χ2n) is 7.85. The van der Waals surface area contributed by atoms with E-state index in [4.69, 9.17) is 9.47 Å². The summed E-state index contributed by atoms with van der Waals surface area (Å²) in [6.07, 6.45) is 3.92. The Labute approximate surface area is 189 Å². The number of hydrogen-bond donors (Lipinski definition) is 1. The molecule has 170 valence electrons. The third-order valence-corrected chi connectivity index (χ3v) is 5.58. The number of likely N-dealkylation sites (tertiary alicyclic amines) is 1. The number of aliphatic hydroxyl groups excluding tert-OH is 1. The van der Waals surface area contributed by atoms with Crippen LogP contribution in [0, 0.1) is 0 Å². The number of rotatable bonds is 10. The molecule has 1 fully saturated rings. The van der Waals surface area contributed by atoms with Gasteiger partial charge in [-0.25, -0.2) is 0 Å². The van der Waals surface area contributed by atoms with Crippen molar-refractivity contribution in [1.82, 2.24) is 4.90 Å². The van der Waals surface area contributed by atoms with Crippen molar-refractivity contribution in [3.05, 3.63) is 65.2 Å². The molecule has 1 amide bonds. The molecule has 6 heteroatoms. The summed E-state index contributed by atoms with van der Waals surface area (Å²) in [6, 6.07) is 13.5. The fraction of sp³-hybridized carbons (Fsp3) is 0.385. The number of ketones is 1. The van der Waals surface area contributed by atoms with Gasteiger partial charge in [0.1, 0.15) is 17.3 Å². The third kappa shape index (κ3) is 4.96. The zero-order valence-electron chi connectivity index (χ0n) is 19.0.